The van der Waals surface area contributed by atoms with E-state index in [9.17, 15) is 0 Å². The molecule has 0 aliphatic carbocycles. The van der Waals surface area contributed by atoms with Gasteiger partial charge in [0.25, 0.3) is 0 Å². The predicted octanol–water partition coefficient (Wildman–Crippen LogP) is 1.50. The Morgan fingerprint density at radius 3 is 2.50 bits per heavy atom. The molecule has 0 radical (unpaired) electrons. The van der Waals surface area contributed by atoms with E-state index in [1.54, 1.807) is 0 Å². The summed E-state index contributed by atoms with van der Waals surface area (Å²) in [5, 5.41) is 0.811. The molecule has 2 aromatic carbocycles. The largest absolute Gasteiger partial charge is 1.00 e. The van der Waals surface area contributed by atoms with Gasteiger partial charge in [-0.25, -0.2) is 0 Å². The number of halogens is 2. The maximum atomic E-state index is 6.12. The smallest absolute Gasteiger partial charge is 0.184 e. The van der Waals surface area contributed by atoms with E-state index < -0.39 is 0 Å². The van der Waals surface area contributed by atoms with Gasteiger partial charge < -0.3 is 0 Å². The van der Waals surface area contributed by atoms with Crippen molar-refractivity contribution >= 4 is 27.5 Å². The second-order valence-corrected chi connectivity index (χ2v) is 4.64. The van der Waals surface area contributed by atoms with E-state index >= 15 is 0 Å². The van der Waals surface area contributed by atoms with Crippen LogP contribution in [0, 0.1) is 6.07 Å². The average molecular weight is 288 g/mol. The second kappa shape index (κ2) is 6.52. The fraction of sp³-hybridized carbons (Fsp3) is 0.0769. The van der Waals surface area contributed by atoms with Crippen LogP contribution in [0.25, 0.3) is 0 Å². The second-order valence-electron chi connectivity index (χ2n) is 3.32. The molecule has 2 aromatic rings. The van der Waals surface area contributed by atoms with E-state index in [4.69, 9.17) is 11.6 Å². The third kappa shape index (κ3) is 3.68. The molecule has 0 aliphatic heterocycles. The topological polar surface area (TPSA) is 0 Å². The van der Waals surface area contributed by atoms with Crippen LogP contribution in [0.5, 0.6) is 0 Å². The van der Waals surface area contributed by atoms with Crippen molar-refractivity contribution < 1.29 is 18.9 Å². The summed E-state index contributed by atoms with van der Waals surface area (Å²) in [7, 11) is 0. The molecular weight excluding hydrogens is 278 g/mol. The standard InChI is InChI=1S/C13H9BrCl.Li/c14-12-6-7-13(15)11(9-12)8-10-4-2-1-3-5-10;/h2-7,9H,8H2;/q-1;+1. The summed E-state index contributed by atoms with van der Waals surface area (Å²) in [6.07, 6.45) is 0.854. The molecule has 0 amide bonds. The van der Waals surface area contributed by atoms with E-state index in [2.05, 4.69) is 40.2 Å². The Kier molecular flexibility index (Phi) is 5.65. The molecule has 0 saturated heterocycles. The van der Waals surface area contributed by atoms with Crippen molar-refractivity contribution in [3.8, 4) is 0 Å². The molecule has 0 unspecified atom stereocenters. The van der Waals surface area contributed by atoms with E-state index in [-0.39, 0.29) is 18.9 Å². The van der Waals surface area contributed by atoms with Gasteiger partial charge in [0, 0.05) is 9.50 Å². The van der Waals surface area contributed by atoms with Gasteiger partial charge in [0.05, 0.1) is 0 Å². The van der Waals surface area contributed by atoms with Gasteiger partial charge in [0.2, 0.25) is 0 Å². The first kappa shape index (κ1) is 13.9. The summed E-state index contributed by atoms with van der Waals surface area (Å²) < 4.78 is 1.06. The van der Waals surface area contributed by atoms with Gasteiger partial charge in [0.1, 0.15) is 0 Å². The fourth-order valence-corrected chi connectivity index (χ4v) is 2.03. The minimum atomic E-state index is 0. The van der Waals surface area contributed by atoms with Crippen molar-refractivity contribution in [3.63, 3.8) is 0 Å². The summed E-state index contributed by atoms with van der Waals surface area (Å²) in [6.45, 7) is 0. The molecule has 0 aliphatic rings. The van der Waals surface area contributed by atoms with Crippen LogP contribution in [-0.2, 0) is 6.42 Å². The first-order valence-electron chi connectivity index (χ1n) is 4.64. The van der Waals surface area contributed by atoms with Crippen molar-refractivity contribution in [2.45, 2.75) is 6.42 Å². The first-order valence-corrected chi connectivity index (χ1v) is 5.82. The van der Waals surface area contributed by atoms with Gasteiger partial charge in [-0.3, -0.25) is 0 Å². The molecule has 0 heterocycles. The Morgan fingerprint density at radius 1 is 1.12 bits per heavy atom. The maximum Gasteiger partial charge on any atom is 1.00 e. The Bertz CT molecular complexity index is 457. The van der Waals surface area contributed by atoms with Crippen LogP contribution >= 0.6 is 27.5 Å². The van der Waals surface area contributed by atoms with E-state index in [1.165, 1.54) is 5.56 Å². The minimum absolute atomic E-state index is 0. The van der Waals surface area contributed by atoms with Crippen molar-refractivity contribution in [1.29, 1.82) is 0 Å². The maximum absolute atomic E-state index is 6.12. The van der Waals surface area contributed by atoms with Crippen LogP contribution in [0.3, 0.4) is 0 Å². The van der Waals surface area contributed by atoms with Crippen molar-refractivity contribution in [2.75, 3.05) is 0 Å². The number of hydrogen-bond donors (Lipinski definition) is 0. The van der Waals surface area contributed by atoms with Crippen LogP contribution in [0.2, 0.25) is 5.02 Å². The molecule has 0 atom stereocenters. The normalized spacial score (nSPS) is 9.62. The Labute approximate surface area is 121 Å². The molecule has 0 fully saturated rings. The minimum Gasteiger partial charge on any atom is -0.184 e. The number of hydrogen-bond acceptors (Lipinski definition) is 0. The van der Waals surface area contributed by atoms with Crippen LogP contribution in [0.15, 0.2) is 46.9 Å². The zero-order chi connectivity index (χ0) is 10.7. The van der Waals surface area contributed by atoms with E-state index in [0.29, 0.717) is 0 Å². The molecule has 0 nitrogen and oxygen atoms in total. The van der Waals surface area contributed by atoms with Crippen molar-refractivity contribution in [1.82, 2.24) is 0 Å². The zero-order valence-corrected chi connectivity index (χ0v) is 11.3. The summed E-state index contributed by atoms with van der Waals surface area (Å²) >= 11 is 9.56. The third-order valence-electron chi connectivity index (χ3n) is 2.19. The molecule has 3 heteroatoms. The summed E-state index contributed by atoms with van der Waals surface area (Å²) in [5.74, 6) is 0. The Morgan fingerprint density at radius 2 is 1.81 bits per heavy atom. The Hall–Kier alpha value is -0.193. The monoisotopic (exact) mass is 286 g/mol. The summed E-state index contributed by atoms with van der Waals surface area (Å²) in [4.78, 5) is 0. The van der Waals surface area contributed by atoms with E-state index in [0.717, 1.165) is 21.5 Å². The van der Waals surface area contributed by atoms with Gasteiger partial charge in [-0.2, -0.15) is 35.9 Å². The molecule has 0 spiro atoms. The van der Waals surface area contributed by atoms with Crippen molar-refractivity contribution in [3.05, 3.63) is 69.2 Å². The number of rotatable bonds is 2. The summed E-state index contributed by atoms with van der Waals surface area (Å²) in [5.41, 5.74) is 2.38. The van der Waals surface area contributed by atoms with Crippen LogP contribution < -0.4 is 18.9 Å². The molecular formula is C13H9BrClLi. The molecule has 0 N–H and O–H groups in total. The molecule has 76 valence electrons. The van der Waals surface area contributed by atoms with Crippen molar-refractivity contribution in [2.24, 2.45) is 0 Å². The SMILES string of the molecule is Clc1ccc(Br)cc1Cc1cc[c-]cc1.[Li+]. The Balaban J connectivity index is 0.00000128. The fourth-order valence-electron chi connectivity index (χ4n) is 1.44. The molecule has 0 saturated carbocycles. The quantitative estimate of drug-likeness (QED) is 0.580. The van der Waals surface area contributed by atoms with Gasteiger partial charge in [-0.15, -0.1) is 0 Å². The molecule has 16 heavy (non-hydrogen) atoms. The summed E-state index contributed by atoms with van der Waals surface area (Å²) in [6, 6.07) is 16.9. The van der Waals surface area contributed by atoms with Gasteiger partial charge in [-0.1, -0.05) is 27.5 Å². The van der Waals surface area contributed by atoms with Crippen LogP contribution in [0.1, 0.15) is 11.1 Å². The van der Waals surface area contributed by atoms with Gasteiger partial charge >= 0.3 is 18.9 Å². The van der Waals surface area contributed by atoms with Crippen LogP contribution in [-0.4, -0.2) is 0 Å². The zero-order valence-electron chi connectivity index (χ0n) is 9.00. The average Bonchev–Trinajstić information content (AvgIpc) is 2.25. The number of benzene rings is 2. The molecule has 0 aromatic heterocycles. The molecule has 2 rings (SSSR count). The first-order chi connectivity index (χ1) is 7.25. The van der Waals surface area contributed by atoms with Gasteiger partial charge in [-0.05, 0) is 30.2 Å². The van der Waals surface area contributed by atoms with E-state index in [1.807, 2.05) is 24.3 Å². The third-order valence-corrected chi connectivity index (χ3v) is 3.05. The molecule has 0 bridgehead atoms. The van der Waals surface area contributed by atoms with Gasteiger partial charge in [0.15, 0.2) is 0 Å². The van der Waals surface area contributed by atoms with Crippen LogP contribution in [0.4, 0.5) is 0 Å². The predicted molar refractivity (Wildman–Crippen MR) is 67.2 cm³/mol.